The molecule has 0 radical (unpaired) electrons. The predicted octanol–water partition coefficient (Wildman–Crippen LogP) is 2.22. The zero-order chi connectivity index (χ0) is 10.7. The fraction of sp³-hybridized carbons (Fsp3) is 0.300. The van der Waals surface area contributed by atoms with Crippen molar-refractivity contribution in [2.24, 2.45) is 0 Å². The van der Waals surface area contributed by atoms with Gasteiger partial charge in [-0.2, -0.15) is 0 Å². The fourth-order valence-corrected chi connectivity index (χ4v) is 1.90. The third-order valence-electron chi connectivity index (χ3n) is 1.95. The van der Waals surface area contributed by atoms with Crippen LogP contribution in [0.2, 0.25) is 0 Å². The van der Waals surface area contributed by atoms with Crippen LogP contribution in [0.25, 0.3) is 0 Å². The molecule has 2 aromatic rings. The van der Waals surface area contributed by atoms with Crippen molar-refractivity contribution in [1.82, 2.24) is 19.9 Å². The van der Waals surface area contributed by atoms with Gasteiger partial charge in [0.1, 0.15) is 0 Å². The third-order valence-corrected chi connectivity index (χ3v) is 2.73. The van der Waals surface area contributed by atoms with Gasteiger partial charge in [-0.15, -0.1) is 0 Å². The Balaban J connectivity index is 2.14. The second-order valence-electron chi connectivity index (χ2n) is 3.15. The molecule has 0 saturated carbocycles. The van der Waals surface area contributed by atoms with Gasteiger partial charge in [0, 0.05) is 23.8 Å². The second kappa shape index (κ2) is 4.44. The lowest BCUT2D eigenvalue weighted by molar-refractivity contribution is 0.917. The molecule has 0 saturated heterocycles. The van der Waals surface area contributed by atoms with Gasteiger partial charge in [-0.25, -0.2) is 15.0 Å². The van der Waals surface area contributed by atoms with Gasteiger partial charge in [-0.05, 0) is 31.2 Å². The summed E-state index contributed by atoms with van der Waals surface area (Å²) >= 11 is 1.45. The molecule has 0 aliphatic carbocycles. The smallest absolute Gasteiger partial charge is 0.195 e. The van der Waals surface area contributed by atoms with Crippen molar-refractivity contribution in [2.75, 3.05) is 0 Å². The molecule has 1 N–H and O–H groups in total. The Kier molecular flexibility index (Phi) is 3.01. The maximum atomic E-state index is 4.30. The SMILES string of the molecule is CCc1cnc(Sc2nccc(C)n2)[nH]1. The molecule has 0 spiro atoms. The third kappa shape index (κ3) is 2.56. The van der Waals surface area contributed by atoms with Crippen LogP contribution in [0.15, 0.2) is 28.8 Å². The quantitative estimate of drug-likeness (QED) is 0.806. The van der Waals surface area contributed by atoms with Crippen LogP contribution in [0, 0.1) is 6.92 Å². The number of nitrogens with one attached hydrogen (secondary N) is 1. The van der Waals surface area contributed by atoms with E-state index < -0.39 is 0 Å². The first-order valence-corrected chi connectivity index (χ1v) is 5.61. The summed E-state index contributed by atoms with van der Waals surface area (Å²) in [4.78, 5) is 15.9. The summed E-state index contributed by atoms with van der Waals surface area (Å²) in [5.41, 5.74) is 2.10. The number of hydrogen-bond donors (Lipinski definition) is 1. The molecule has 0 aliphatic rings. The number of imidazole rings is 1. The van der Waals surface area contributed by atoms with E-state index in [-0.39, 0.29) is 0 Å². The number of rotatable bonds is 3. The Bertz CT molecular complexity index is 452. The molecule has 0 atom stereocenters. The largest absolute Gasteiger partial charge is 0.336 e. The molecule has 15 heavy (non-hydrogen) atoms. The van der Waals surface area contributed by atoms with Crippen molar-refractivity contribution in [3.05, 3.63) is 29.8 Å². The summed E-state index contributed by atoms with van der Waals surface area (Å²) in [5, 5.41) is 1.57. The first-order valence-electron chi connectivity index (χ1n) is 4.79. The highest BCUT2D eigenvalue weighted by atomic mass is 32.2. The van der Waals surface area contributed by atoms with Gasteiger partial charge < -0.3 is 4.98 Å². The molecule has 0 unspecified atom stereocenters. The lowest BCUT2D eigenvalue weighted by Gasteiger charge is -1.96. The predicted molar refractivity (Wildman–Crippen MR) is 58.9 cm³/mol. The van der Waals surface area contributed by atoms with Gasteiger partial charge in [0.05, 0.1) is 0 Å². The highest BCUT2D eigenvalue weighted by Gasteiger charge is 2.04. The molecular weight excluding hydrogens is 208 g/mol. The number of aromatic amines is 1. The zero-order valence-corrected chi connectivity index (χ0v) is 9.51. The molecule has 5 heteroatoms. The maximum absolute atomic E-state index is 4.30. The van der Waals surface area contributed by atoms with Crippen LogP contribution < -0.4 is 0 Å². The van der Waals surface area contributed by atoms with Crippen LogP contribution >= 0.6 is 11.8 Å². The van der Waals surface area contributed by atoms with Gasteiger partial charge >= 0.3 is 0 Å². The molecule has 4 nitrogen and oxygen atoms in total. The second-order valence-corrected chi connectivity index (χ2v) is 4.11. The Labute approximate surface area is 92.6 Å². The van der Waals surface area contributed by atoms with Crippen molar-refractivity contribution in [3.8, 4) is 0 Å². The zero-order valence-electron chi connectivity index (χ0n) is 8.69. The van der Waals surface area contributed by atoms with E-state index in [2.05, 4.69) is 26.9 Å². The summed E-state index contributed by atoms with van der Waals surface area (Å²) in [7, 11) is 0. The minimum absolute atomic E-state index is 0.729. The number of aryl methyl sites for hydroxylation is 2. The van der Waals surface area contributed by atoms with Crippen LogP contribution in [0.3, 0.4) is 0 Å². The standard InChI is InChI=1S/C10H12N4S/c1-3-8-6-12-10(14-8)15-9-11-5-4-7(2)13-9/h4-6H,3H2,1-2H3,(H,12,14). The summed E-state index contributed by atoms with van der Waals surface area (Å²) in [5.74, 6) is 0. The Morgan fingerprint density at radius 1 is 1.40 bits per heavy atom. The van der Waals surface area contributed by atoms with Crippen LogP contribution in [0.1, 0.15) is 18.3 Å². The summed E-state index contributed by atoms with van der Waals surface area (Å²) in [6, 6.07) is 1.88. The first-order chi connectivity index (χ1) is 7.28. The average molecular weight is 220 g/mol. The average Bonchev–Trinajstić information content (AvgIpc) is 2.65. The van der Waals surface area contributed by atoms with Gasteiger partial charge in [0.25, 0.3) is 0 Å². The van der Waals surface area contributed by atoms with Crippen LogP contribution in [-0.4, -0.2) is 19.9 Å². The van der Waals surface area contributed by atoms with Crippen LogP contribution in [0.5, 0.6) is 0 Å². The Morgan fingerprint density at radius 2 is 2.27 bits per heavy atom. The molecule has 0 fully saturated rings. The van der Waals surface area contributed by atoms with Crippen LogP contribution in [0.4, 0.5) is 0 Å². The van der Waals surface area contributed by atoms with Gasteiger partial charge in [0.15, 0.2) is 10.3 Å². The summed E-state index contributed by atoms with van der Waals surface area (Å²) < 4.78 is 0. The van der Waals surface area contributed by atoms with E-state index in [9.17, 15) is 0 Å². The topological polar surface area (TPSA) is 54.5 Å². The minimum Gasteiger partial charge on any atom is -0.336 e. The summed E-state index contributed by atoms with van der Waals surface area (Å²) in [6.07, 6.45) is 4.56. The van der Waals surface area contributed by atoms with Crippen molar-refractivity contribution < 1.29 is 0 Å². The maximum Gasteiger partial charge on any atom is 0.195 e. The number of aromatic nitrogens is 4. The first kappa shape index (κ1) is 10.2. The highest BCUT2D eigenvalue weighted by molar-refractivity contribution is 7.99. The van der Waals surface area contributed by atoms with Crippen LogP contribution in [-0.2, 0) is 6.42 Å². The van der Waals surface area contributed by atoms with E-state index in [0.29, 0.717) is 0 Å². The van der Waals surface area contributed by atoms with Crippen molar-refractivity contribution in [3.63, 3.8) is 0 Å². The fourth-order valence-electron chi connectivity index (χ4n) is 1.13. The molecule has 0 aliphatic heterocycles. The van der Waals surface area contributed by atoms with Crippen molar-refractivity contribution >= 4 is 11.8 Å². The lowest BCUT2D eigenvalue weighted by atomic mass is 10.4. The Morgan fingerprint density at radius 3 is 2.93 bits per heavy atom. The molecule has 2 aromatic heterocycles. The van der Waals surface area contributed by atoms with E-state index in [1.54, 1.807) is 6.20 Å². The molecule has 2 heterocycles. The molecule has 0 bridgehead atoms. The number of nitrogens with zero attached hydrogens (tertiary/aromatic N) is 3. The highest BCUT2D eigenvalue weighted by Crippen LogP contribution is 2.20. The molecular formula is C10H12N4S. The van der Waals surface area contributed by atoms with Crippen molar-refractivity contribution in [1.29, 1.82) is 0 Å². The molecule has 0 amide bonds. The Hall–Kier alpha value is -1.36. The normalized spacial score (nSPS) is 10.5. The van der Waals surface area contributed by atoms with E-state index in [1.165, 1.54) is 11.8 Å². The van der Waals surface area contributed by atoms with Gasteiger partial charge in [-0.1, -0.05) is 6.92 Å². The molecule has 2 rings (SSSR count). The van der Waals surface area contributed by atoms with E-state index in [0.717, 1.165) is 28.1 Å². The summed E-state index contributed by atoms with van der Waals surface area (Å²) in [6.45, 7) is 4.04. The number of H-pyrrole nitrogens is 1. The van der Waals surface area contributed by atoms with Gasteiger partial charge in [0.2, 0.25) is 0 Å². The molecule has 0 aromatic carbocycles. The van der Waals surface area contributed by atoms with E-state index in [4.69, 9.17) is 0 Å². The van der Waals surface area contributed by atoms with Gasteiger partial charge in [-0.3, -0.25) is 0 Å². The van der Waals surface area contributed by atoms with Crippen molar-refractivity contribution in [2.45, 2.75) is 30.6 Å². The lowest BCUT2D eigenvalue weighted by Crippen LogP contribution is -1.88. The number of hydrogen-bond acceptors (Lipinski definition) is 4. The van der Waals surface area contributed by atoms with E-state index >= 15 is 0 Å². The molecule has 78 valence electrons. The minimum atomic E-state index is 0.729. The monoisotopic (exact) mass is 220 g/mol. The van der Waals surface area contributed by atoms with E-state index in [1.807, 2.05) is 19.2 Å².